The van der Waals surface area contributed by atoms with E-state index in [2.05, 4.69) is 21.0 Å². The molecule has 0 bridgehead atoms. The first kappa shape index (κ1) is 7.31. The second-order valence-electron chi connectivity index (χ2n) is 3.12. The zero-order chi connectivity index (χ0) is 8.06. The lowest BCUT2D eigenvalue weighted by molar-refractivity contribution is 0.612. The van der Waals surface area contributed by atoms with E-state index in [-0.39, 0.29) is 5.54 Å². The molecule has 1 aromatic rings. The van der Waals surface area contributed by atoms with Gasteiger partial charge in [-0.05, 0) is 28.8 Å². The molecule has 2 rings (SSSR count). The van der Waals surface area contributed by atoms with Gasteiger partial charge in [-0.15, -0.1) is 0 Å². The van der Waals surface area contributed by atoms with Gasteiger partial charge in [0.2, 0.25) is 0 Å². The Morgan fingerprint density at radius 2 is 2.36 bits per heavy atom. The van der Waals surface area contributed by atoms with Gasteiger partial charge in [0.1, 0.15) is 0 Å². The van der Waals surface area contributed by atoms with Crippen LogP contribution in [0.15, 0.2) is 10.7 Å². The lowest BCUT2D eigenvalue weighted by Gasteiger charge is -2.09. The lowest BCUT2D eigenvalue weighted by atomic mass is 10.2. The maximum atomic E-state index is 6.02. The number of hydrogen-bond donors (Lipinski definition) is 1. The summed E-state index contributed by atoms with van der Waals surface area (Å²) < 4.78 is 2.87. The largest absolute Gasteiger partial charge is 0.320 e. The fourth-order valence-electron chi connectivity index (χ4n) is 1.34. The van der Waals surface area contributed by atoms with Crippen LogP contribution in [0.3, 0.4) is 0 Å². The number of aromatic nitrogens is 2. The minimum absolute atomic E-state index is 0.0932. The summed E-state index contributed by atoms with van der Waals surface area (Å²) in [7, 11) is 1.92. The van der Waals surface area contributed by atoms with E-state index in [1.165, 1.54) is 0 Å². The standard InChI is InChI=1S/C7H10BrN3/c1-11-6(5(8)4-10-11)7(9)2-3-7/h4H,2-3,9H2,1H3. The van der Waals surface area contributed by atoms with Gasteiger partial charge in [-0.3, -0.25) is 4.68 Å². The zero-order valence-corrected chi connectivity index (χ0v) is 7.93. The van der Waals surface area contributed by atoms with Crippen molar-refractivity contribution in [2.45, 2.75) is 18.4 Å². The Bertz CT molecular complexity index is 268. The van der Waals surface area contributed by atoms with Crippen LogP contribution in [0.2, 0.25) is 0 Å². The summed E-state index contributed by atoms with van der Waals surface area (Å²) in [6, 6.07) is 0. The number of halogens is 1. The Labute approximate surface area is 73.7 Å². The van der Waals surface area contributed by atoms with Gasteiger partial charge in [-0.1, -0.05) is 0 Å². The Morgan fingerprint density at radius 1 is 1.73 bits per heavy atom. The molecule has 0 amide bonds. The van der Waals surface area contributed by atoms with Gasteiger partial charge in [0.25, 0.3) is 0 Å². The first-order chi connectivity index (χ1) is 5.13. The van der Waals surface area contributed by atoms with Gasteiger partial charge in [-0.25, -0.2) is 0 Å². The minimum atomic E-state index is -0.0932. The van der Waals surface area contributed by atoms with Crippen LogP contribution in [0.25, 0.3) is 0 Å². The highest BCUT2D eigenvalue weighted by molar-refractivity contribution is 9.10. The van der Waals surface area contributed by atoms with E-state index < -0.39 is 0 Å². The molecule has 1 saturated carbocycles. The first-order valence-electron chi connectivity index (χ1n) is 3.60. The summed E-state index contributed by atoms with van der Waals surface area (Å²) in [6.07, 6.45) is 3.94. The van der Waals surface area contributed by atoms with E-state index in [0.29, 0.717) is 0 Å². The maximum absolute atomic E-state index is 6.02. The van der Waals surface area contributed by atoms with Crippen LogP contribution in [-0.2, 0) is 12.6 Å². The Kier molecular flexibility index (Phi) is 1.38. The predicted octanol–water partition coefficient (Wildman–Crippen LogP) is 1.13. The Balaban J connectivity index is 2.50. The number of nitrogens with two attached hydrogens (primary N) is 1. The fraction of sp³-hybridized carbons (Fsp3) is 0.571. The quantitative estimate of drug-likeness (QED) is 0.764. The summed E-state index contributed by atoms with van der Waals surface area (Å²) in [5.41, 5.74) is 7.05. The minimum Gasteiger partial charge on any atom is -0.320 e. The lowest BCUT2D eigenvalue weighted by Crippen LogP contribution is -2.22. The number of aryl methyl sites for hydroxylation is 1. The molecule has 0 unspecified atom stereocenters. The van der Waals surface area contributed by atoms with Gasteiger partial charge in [0, 0.05) is 7.05 Å². The van der Waals surface area contributed by atoms with E-state index in [1.54, 1.807) is 6.20 Å². The van der Waals surface area contributed by atoms with Crippen molar-refractivity contribution < 1.29 is 0 Å². The van der Waals surface area contributed by atoms with E-state index in [4.69, 9.17) is 5.73 Å². The molecule has 1 fully saturated rings. The van der Waals surface area contributed by atoms with Crippen molar-refractivity contribution >= 4 is 15.9 Å². The second-order valence-corrected chi connectivity index (χ2v) is 3.98. The van der Waals surface area contributed by atoms with Crippen molar-refractivity contribution in [1.82, 2.24) is 9.78 Å². The van der Waals surface area contributed by atoms with Crippen molar-refractivity contribution in [2.75, 3.05) is 0 Å². The fourth-order valence-corrected chi connectivity index (χ4v) is 2.09. The van der Waals surface area contributed by atoms with Gasteiger partial charge in [-0.2, -0.15) is 5.10 Å². The molecular formula is C7H10BrN3. The molecule has 0 aromatic carbocycles. The molecule has 60 valence electrons. The highest BCUT2D eigenvalue weighted by atomic mass is 79.9. The molecule has 2 N–H and O–H groups in total. The molecule has 4 heteroatoms. The van der Waals surface area contributed by atoms with Crippen molar-refractivity contribution in [2.24, 2.45) is 12.8 Å². The third-order valence-corrected chi connectivity index (χ3v) is 2.73. The van der Waals surface area contributed by atoms with E-state index in [1.807, 2.05) is 11.7 Å². The number of nitrogens with zero attached hydrogens (tertiary/aromatic N) is 2. The molecule has 3 nitrogen and oxygen atoms in total. The van der Waals surface area contributed by atoms with Crippen LogP contribution in [0.4, 0.5) is 0 Å². The third-order valence-electron chi connectivity index (χ3n) is 2.15. The van der Waals surface area contributed by atoms with Crippen LogP contribution >= 0.6 is 15.9 Å². The van der Waals surface area contributed by atoms with Gasteiger partial charge >= 0.3 is 0 Å². The highest BCUT2D eigenvalue weighted by Crippen LogP contribution is 2.44. The average molecular weight is 216 g/mol. The molecule has 11 heavy (non-hydrogen) atoms. The molecule has 0 radical (unpaired) electrons. The van der Waals surface area contributed by atoms with E-state index in [9.17, 15) is 0 Å². The molecule has 1 aliphatic rings. The predicted molar refractivity (Wildman–Crippen MR) is 46.0 cm³/mol. The second kappa shape index (κ2) is 2.08. The van der Waals surface area contributed by atoms with Gasteiger partial charge in [0.15, 0.2) is 0 Å². The van der Waals surface area contributed by atoms with Crippen molar-refractivity contribution in [3.05, 3.63) is 16.4 Å². The normalized spacial score (nSPS) is 20.3. The molecule has 0 saturated heterocycles. The van der Waals surface area contributed by atoms with Crippen LogP contribution in [-0.4, -0.2) is 9.78 Å². The molecule has 1 aliphatic carbocycles. The van der Waals surface area contributed by atoms with Crippen LogP contribution in [0.5, 0.6) is 0 Å². The Hall–Kier alpha value is -0.350. The van der Waals surface area contributed by atoms with Gasteiger partial charge in [0.05, 0.1) is 21.9 Å². The SMILES string of the molecule is Cn1ncc(Br)c1C1(N)CC1. The third kappa shape index (κ3) is 1.01. The van der Waals surface area contributed by atoms with Gasteiger partial charge < -0.3 is 5.73 Å². The highest BCUT2D eigenvalue weighted by Gasteiger charge is 2.43. The molecule has 0 spiro atoms. The monoisotopic (exact) mass is 215 g/mol. The molecule has 0 aliphatic heterocycles. The summed E-state index contributed by atoms with van der Waals surface area (Å²) in [5.74, 6) is 0. The maximum Gasteiger partial charge on any atom is 0.0721 e. The summed E-state index contributed by atoms with van der Waals surface area (Å²) in [5, 5.41) is 4.11. The van der Waals surface area contributed by atoms with Crippen LogP contribution in [0, 0.1) is 0 Å². The van der Waals surface area contributed by atoms with E-state index >= 15 is 0 Å². The molecular weight excluding hydrogens is 206 g/mol. The van der Waals surface area contributed by atoms with Crippen molar-refractivity contribution in [3.8, 4) is 0 Å². The molecule has 1 aromatic heterocycles. The number of rotatable bonds is 1. The summed E-state index contributed by atoms with van der Waals surface area (Å²) in [4.78, 5) is 0. The topological polar surface area (TPSA) is 43.8 Å². The zero-order valence-electron chi connectivity index (χ0n) is 6.34. The number of hydrogen-bond acceptors (Lipinski definition) is 2. The van der Waals surface area contributed by atoms with Crippen LogP contribution in [0.1, 0.15) is 18.5 Å². The van der Waals surface area contributed by atoms with Crippen molar-refractivity contribution in [1.29, 1.82) is 0 Å². The Morgan fingerprint density at radius 3 is 2.73 bits per heavy atom. The van der Waals surface area contributed by atoms with E-state index in [0.717, 1.165) is 23.0 Å². The average Bonchev–Trinajstić information content (AvgIpc) is 2.56. The van der Waals surface area contributed by atoms with Crippen LogP contribution < -0.4 is 5.73 Å². The molecule has 1 heterocycles. The molecule has 0 atom stereocenters. The summed E-state index contributed by atoms with van der Waals surface area (Å²) in [6.45, 7) is 0. The van der Waals surface area contributed by atoms with Crippen molar-refractivity contribution in [3.63, 3.8) is 0 Å². The first-order valence-corrected chi connectivity index (χ1v) is 4.40. The smallest absolute Gasteiger partial charge is 0.0721 e. The summed E-state index contributed by atoms with van der Waals surface area (Å²) >= 11 is 3.43.